The van der Waals surface area contributed by atoms with Crippen LogP contribution >= 0.6 is 12.6 Å². The van der Waals surface area contributed by atoms with Crippen LogP contribution in [0.5, 0.6) is 0 Å². The molecule has 0 saturated carbocycles. The third-order valence-electron chi connectivity index (χ3n) is 3.70. The van der Waals surface area contributed by atoms with Gasteiger partial charge in [0.05, 0.1) is 11.5 Å². The molecule has 0 aliphatic heterocycles. The van der Waals surface area contributed by atoms with Gasteiger partial charge in [0.15, 0.2) is 0 Å². The SMILES string of the molecule is Cc1ccc(S(=O)(=O)OCCc2cccc3c(S)c[nH]c23)cc1. The minimum absolute atomic E-state index is 0.0935. The molecule has 1 heterocycles. The van der Waals surface area contributed by atoms with Crippen LogP contribution in [0, 0.1) is 6.92 Å². The van der Waals surface area contributed by atoms with E-state index in [1.807, 2.05) is 31.3 Å². The molecule has 0 unspecified atom stereocenters. The van der Waals surface area contributed by atoms with Crippen LogP contribution in [0.2, 0.25) is 0 Å². The molecule has 6 heteroatoms. The van der Waals surface area contributed by atoms with Crippen LogP contribution in [0.4, 0.5) is 0 Å². The first kappa shape index (κ1) is 16.1. The highest BCUT2D eigenvalue weighted by molar-refractivity contribution is 7.86. The van der Waals surface area contributed by atoms with Crippen molar-refractivity contribution in [2.75, 3.05) is 6.61 Å². The van der Waals surface area contributed by atoms with Crippen molar-refractivity contribution in [2.45, 2.75) is 23.1 Å². The summed E-state index contributed by atoms with van der Waals surface area (Å²) in [5, 5.41) is 1.02. The maximum atomic E-state index is 12.2. The minimum Gasteiger partial charge on any atom is -0.360 e. The molecule has 2 aromatic carbocycles. The van der Waals surface area contributed by atoms with Gasteiger partial charge in [-0.05, 0) is 31.0 Å². The molecule has 4 nitrogen and oxygen atoms in total. The van der Waals surface area contributed by atoms with E-state index in [1.165, 1.54) is 0 Å². The topological polar surface area (TPSA) is 59.2 Å². The van der Waals surface area contributed by atoms with E-state index >= 15 is 0 Å². The summed E-state index contributed by atoms with van der Waals surface area (Å²) in [4.78, 5) is 4.21. The van der Waals surface area contributed by atoms with Gasteiger partial charge in [0.2, 0.25) is 0 Å². The number of fused-ring (bicyclic) bond motifs is 1. The van der Waals surface area contributed by atoms with Gasteiger partial charge in [0.1, 0.15) is 0 Å². The Labute approximate surface area is 141 Å². The number of hydrogen-bond donors (Lipinski definition) is 2. The van der Waals surface area contributed by atoms with E-state index in [-0.39, 0.29) is 11.5 Å². The summed E-state index contributed by atoms with van der Waals surface area (Å²) < 4.78 is 29.5. The fourth-order valence-electron chi connectivity index (χ4n) is 2.44. The molecule has 0 fully saturated rings. The van der Waals surface area contributed by atoms with Crippen LogP contribution < -0.4 is 0 Å². The molecule has 3 aromatic rings. The second kappa shape index (κ2) is 6.39. The Balaban J connectivity index is 1.72. The fourth-order valence-corrected chi connectivity index (χ4v) is 3.60. The summed E-state index contributed by atoms with van der Waals surface area (Å²) in [5.74, 6) is 0. The zero-order chi connectivity index (χ0) is 16.4. The Hall–Kier alpha value is -1.76. The van der Waals surface area contributed by atoms with Gasteiger partial charge in [0.25, 0.3) is 10.1 Å². The Bertz CT molecular complexity index is 928. The van der Waals surface area contributed by atoms with Gasteiger partial charge in [-0.2, -0.15) is 8.42 Å². The van der Waals surface area contributed by atoms with Crippen LogP contribution in [0.25, 0.3) is 10.9 Å². The quantitative estimate of drug-likeness (QED) is 0.546. The highest BCUT2D eigenvalue weighted by atomic mass is 32.2. The number of nitrogens with one attached hydrogen (secondary N) is 1. The van der Waals surface area contributed by atoms with Crippen molar-refractivity contribution in [1.82, 2.24) is 4.98 Å². The van der Waals surface area contributed by atoms with E-state index in [0.29, 0.717) is 6.42 Å². The number of benzene rings is 2. The fraction of sp³-hybridized carbons (Fsp3) is 0.176. The van der Waals surface area contributed by atoms with Gasteiger partial charge in [-0.1, -0.05) is 35.9 Å². The maximum Gasteiger partial charge on any atom is 0.296 e. The number of H-pyrrole nitrogens is 1. The van der Waals surface area contributed by atoms with Gasteiger partial charge < -0.3 is 4.98 Å². The molecule has 0 radical (unpaired) electrons. The van der Waals surface area contributed by atoms with Crippen molar-refractivity contribution in [3.05, 3.63) is 59.8 Å². The number of thiol groups is 1. The van der Waals surface area contributed by atoms with Crippen LogP contribution in [-0.4, -0.2) is 20.0 Å². The molecule has 1 N–H and O–H groups in total. The van der Waals surface area contributed by atoms with Crippen molar-refractivity contribution in [2.24, 2.45) is 0 Å². The van der Waals surface area contributed by atoms with Crippen molar-refractivity contribution < 1.29 is 12.6 Å². The summed E-state index contributed by atoms with van der Waals surface area (Å²) in [7, 11) is -3.72. The third kappa shape index (κ3) is 3.44. The molecule has 0 bridgehead atoms. The Morgan fingerprint density at radius 3 is 2.61 bits per heavy atom. The van der Waals surface area contributed by atoms with E-state index in [4.69, 9.17) is 4.18 Å². The van der Waals surface area contributed by atoms with Crippen LogP contribution in [0.15, 0.2) is 58.5 Å². The lowest BCUT2D eigenvalue weighted by atomic mass is 10.1. The lowest BCUT2D eigenvalue weighted by Gasteiger charge is -2.07. The Kier molecular flexibility index (Phi) is 4.48. The number of aryl methyl sites for hydroxylation is 1. The average molecular weight is 347 g/mol. The number of para-hydroxylation sites is 1. The average Bonchev–Trinajstić information content (AvgIpc) is 2.90. The molecule has 0 aliphatic rings. The standard InChI is InChI=1S/C17H17NO3S2/c1-12-5-7-14(8-6-12)23(19,20)21-10-9-13-3-2-4-15-16(22)11-18-17(13)15/h2-8,11,18,22H,9-10H2,1H3. The molecule has 0 saturated heterocycles. The zero-order valence-electron chi connectivity index (χ0n) is 12.6. The van der Waals surface area contributed by atoms with E-state index < -0.39 is 10.1 Å². The van der Waals surface area contributed by atoms with Crippen LogP contribution in [0.3, 0.4) is 0 Å². The second-order valence-corrected chi connectivity index (χ2v) is 7.45. The number of hydrogen-bond acceptors (Lipinski definition) is 4. The molecular weight excluding hydrogens is 330 g/mol. The summed E-state index contributed by atoms with van der Waals surface area (Å²) in [5.41, 5.74) is 2.97. The Morgan fingerprint density at radius 1 is 1.13 bits per heavy atom. The van der Waals surface area contributed by atoms with Crippen molar-refractivity contribution in [3.63, 3.8) is 0 Å². The minimum atomic E-state index is -3.72. The summed E-state index contributed by atoms with van der Waals surface area (Å²) in [6.45, 7) is 2.00. The monoisotopic (exact) mass is 347 g/mol. The molecule has 3 rings (SSSR count). The molecular formula is C17H17NO3S2. The van der Waals surface area contributed by atoms with E-state index in [9.17, 15) is 8.42 Å². The first-order valence-electron chi connectivity index (χ1n) is 7.21. The van der Waals surface area contributed by atoms with Gasteiger partial charge in [0, 0.05) is 22.0 Å². The molecule has 0 spiro atoms. The Morgan fingerprint density at radius 2 is 1.87 bits per heavy atom. The van der Waals surface area contributed by atoms with Gasteiger partial charge in [-0.15, -0.1) is 12.6 Å². The van der Waals surface area contributed by atoms with E-state index in [2.05, 4.69) is 17.6 Å². The highest BCUT2D eigenvalue weighted by Gasteiger charge is 2.15. The lowest BCUT2D eigenvalue weighted by molar-refractivity contribution is 0.322. The summed E-state index contributed by atoms with van der Waals surface area (Å²) >= 11 is 4.38. The second-order valence-electron chi connectivity index (χ2n) is 5.35. The zero-order valence-corrected chi connectivity index (χ0v) is 14.3. The molecule has 0 amide bonds. The third-order valence-corrected chi connectivity index (χ3v) is 5.40. The van der Waals surface area contributed by atoms with Gasteiger partial charge in [-0.3, -0.25) is 4.18 Å². The molecule has 0 atom stereocenters. The lowest BCUT2D eigenvalue weighted by Crippen LogP contribution is -2.09. The predicted octanol–water partition coefficient (Wildman–Crippen LogP) is 3.71. The molecule has 120 valence electrons. The number of aromatic amines is 1. The first-order valence-corrected chi connectivity index (χ1v) is 9.07. The largest absolute Gasteiger partial charge is 0.360 e. The van der Waals surface area contributed by atoms with Gasteiger partial charge >= 0.3 is 0 Å². The van der Waals surface area contributed by atoms with Gasteiger partial charge in [-0.25, -0.2) is 0 Å². The van der Waals surface area contributed by atoms with E-state index in [1.54, 1.807) is 24.3 Å². The number of rotatable bonds is 5. The van der Waals surface area contributed by atoms with E-state index in [0.717, 1.165) is 26.9 Å². The van der Waals surface area contributed by atoms with Crippen molar-refractivity contribution in [3.8, 4) is 0 Å². The van der Waals surface area contributed by atoms with Crippen molar-refractivity contribution in [1.29, 1.82) is 0 Å². The van der Waals surface area contributed by atoms with Crippen LogP contribution in [-0.2, 0) is 20.7 Å². The smallest absolute Gasteiger partial charge is 0.296 e. The molecule has 1 aromatic heterocycles. The maximum absolute atomic E-state index is 12.2. The summed E-state index contributed by atoms with van der Waals surface area (Å²) in [6.07, 6.45) is 2.32. The summed E-state index contributed by atoms with van der Waals surface area (Å²) in [6, 6.07) is 12.5. The van der Waals surface area contributed by atoms with Crippen LogP contribution in [0.1, 0.15) is 11.1 Å². The molecule has 23 heavy (non-hydrogen) atoms. The normalized spacial score (nSPS) is 11.9. The predicted molar refractivity (Wildman–Crippen MR) is 93.6 cm³/mol. The number of aromatic nitrogens is 1. The molecule has 0 aliphatic carbocycles. The first-order chi connectivity index (χ1) is 11.0. The highest BCUT2D eigenvalue weighted by Crippen LogP contribution is 2.24. The van der Waals surface area contributed by atoms with Crippen molar-refractivity contribution >= 4 is 33.6 Å².